The highest BCUT2D eigenvalue weighted by Crippen LogP contribution is 2.32. The Labute approximate surface area is 126 Å². The molecule has 3 rings (SSSR count). The third kappa shape index (κ3) is 3.05. The van der Waals surface area contributed by atoms with Gasteiger partial charge in [0.05, 0.1) is 0 Å². The predicted octanol–water partition coefficient (Wildman–Crippen LogP) is 4.61. The van der Waals surface area contributed by atoms with Crippen LogP contribution < -0.4 is 5.32 Å². The quantitative estimate of drug-likeness (QED) is 0.868. The zero-order valence-electron chi connectivity index (χ0n) is 11.6. The standard InChI is InChI=1S/C18H20ClN/c19-16-11-9-15(10-12-16)18(14-6-2-1-3-7-14)17-8-4-5-13-20-17/h1-3,6-7,9-12,17-18,20H,4-5,8,13H2. The van der Waals surface area contributed by atoms with Crippen molar-refractivity contribution in [3.63, 3.8) is 0 Å². The molecule has 2 atom stereocenters. The van der Waals surface area contributed by atoms with Gasteiger partial charge in [-0.25, -0.2) is 0 Å². The lowest BCUT2D eigenvalue weighted by molar-refractivity contribution is 0.372. The van der Waals surface area contributed by atoms with Gasteiger partial charge in [0.2, 0.25) is 0 Å². The highest BCUT2D eigenvalue weighted by Gasteiger charge is 2.25. The second-order valence-electron chi connectivity index (χ2n) is 5.50. The monoisotopic (exact) mass is 285 g/mol. The SMILES string of the molecule is Clc1ccc(C(c2ccccc2)C2CCCCN2)cc1. The summed E-state index contributed by atoms with van der Waals surface area (Å²) in [6.45, 7) is 1.13. The summed E-state index contributed by atoms with van der Waals surface area (Å²) in [6, 6.07) is 19.6. The van der Waals surface area contributed by atoms with Crippen molar-refractivity contribution in [1.29, 1.82) is 0 Å². The molecule has 1 saturated heterocycles. The van der Waals surface area contributed by atoms with E-state index in [1.165, 1.54) is 30.4 Å². The van der Waals surface area contributed by atoms with E-state index in [9.17, 15) is 0 Å². The summed E-state index contributed by atoms with van der Waals surface area (Å²) in [4.78, 5) is 0. The van der Waals surface area contributed by atoms with E-state index < -0.39 is 0 Å². The smallest absolute Gasteiger partial charge is 0.0406 e. The van der Waals surface area contributed by atoms with Crippen molar-refractivity contribution >= 4 is 11.6 Å². The lowest BCUT2D eigenvalue weighted by Gasteiger charge is -2.32. The summed E-state index contributed by atoms with van der Waals surface area (Å²) >= 11 is 6.03. The molecule has 2 aromatic carbocycles. The minimum absolute atomic E-state index is 0.411. The molecular weight excluding hydrogens is 266 g/mol. The van der Waals surface area contributed by atoms with Crippen molar-refractivity contribution in [2.24, 2.45) is 0 Å². The summed E-state index contributed by atoms with van der Waals surface area (Å²) in [7, 11) is 0. The van der Waals surface area contributed by atoms with Crippen molar-refractivity contribution in [3.8, 4) is 0 Å². The highest BCUT2D eigenvalue weighted by molar-refractivity contribution is 6.30. The molecule has 1 aliphatic heterocycles. The van der Waals surface area contributed by atoms with Gasteiger partial charge in [0.25, 0.3) is 0 Å². The Morgan fingerprint density at radius 3 is 2.25 bits per heavy atom. The van der Waals surface area contributed by atoms with Crippen LogP contribution in [0.1, 0.15) is 36.3 Å². The maximum atomic E-state index is 6.03. The van der Waals surface area contributed by atoms with Crippen LogP contribution in [-0.4, -0.2) is 12.6 Å². The van der Waals surface area contributed by atoms with Gasteiger partial charge in [0.1, 0.15) is 0 Å². The van der Waals surface area contributed by atoms with E-state index >= 15 is 0 Å². The fraction of sp³-hybridized carbons (Fsp3) is 0.333. The molecule has 0 radical (unpaired) electrons. The van der Waals surface area contributed by atoms with Crippen LogP contribution >= 0.6 is 11.6 Å². The van der Waals surface area contributed by atoms with Gasteiger partial charge in [0, 0.05) is 17.0 Å². The normalized spacial score (nSPS) is 20.6. The first-order chi connectivity index (χ1) is 9.84. The summed E-state index contributed by atoms with van der Waals surface area (Å²) in [6.07, 6.45) is 3.84. The van der Waals surface area contributed by atoms with Crippen molar-refractivity contribution in [2.75, 3.05) is 6.54 Å². The van der Waals surface area contributed by atoms with Gasteiger partial charge >= 0.3 is 0 Å². The summed E-state index contributed by atoms with van der Waals surface area (Å²) in [5.41, 5.74) is 2.73. The molecule has 2 heteroatoms. The van der Waals surface area contributed by atoms with Gasteiger partial charge in [-0.3, -0.25) is 0 Å². The Kier molecular flexibility index (Phi) is 4.39. The molecular formula is C18H20ClN. The molecule has 2 aromatic rings. The van der Waals surface area contributed by atoms with Gasteiger partial charge in [-0.2, -0.15) is 0 Å². The highest BCUT2D eigenvalue weighted by atomic mass is 35.5. The number of nitrogens with one attached hydrogen (secondary N) is 1. The van der Waals surface area contributed by atoms with E-state index in [1.54, 1.807) is 0 Å². The third-order valence-electron chi connectivity index (χ3n) is 4.14. The molecule has 0 bridgehead atoms. The Bertz CT molecular complexity index is 529. The van der Waals surface area contributed by atoms with E-state index in [-0.39, 0.29) is 0 Å². The Balaban J connectivity index is 1.96. The average molecular weight is 286 g/mol. The van der Waals surface area contributed by atoms with Gasteiger partial charge in [0.15, 0.2) is 0 Å². The van der Waals surface area contributed by atoms with E-state index in [0.29, 0.717) is 12.0 Å². The number of hydrogen-bond donors (Lipinski definition) is 1. The van der Waals surface area contributed by atoms with Crippen molar-refractivity contribution in [2.45, 2.75) is 31.2 Å². The molecule has 1 fully saturated rings. The molecule has 0 saturated carbocycles. The van der Waals surface area contributed by atoms with E-state index in [0.717, 1.165) is 11.6 Å². The van der Waals surface area contributed by atoms with Crippen LogP contribution in [0, 0.1) is 0 Å². The number of halogens is 1. The first kappa shape index (κ1) is 13.7. The molecule has 104 valence electrons. The third-order valence-corrected chi connectivity index (χ3v) is 4.39. The van der Waals surface area contributed by atoms with Crippen molar-refractivity contribution < 1.29 is 0 Å². The Morgan fingerprint density at radius 1 is 0.900 bits per heavy atom. The molecule has 0 aromatic heterocycles. The number of rotatable bonds is 3. The molecule has 20 heavy (non-hydrogen) atoms. The minimum atomic E-state index is 0.411. The van der Waals surface area contributed by atoms with Gasteiger partial charge in [-0.05, 0) is 42.6 Å². The molecule has 0 spiro atoms. The lowest BCUT2D eigenvalue weighted by atomic mass is 9.81. The van der Waals surface area contributed by atoms with E-state index in [1.807, 2.05) is 12.1 Å². The number of benzene rings is 2. The molecule has 1 N–H and O–H groups in total. The largest absolute Gasteiger partial charge is 0.313 e. The van der Waals surface area contributed by atoms with Crippen LogP contribution in [0.4, 0.5) is 0 Å². The summed E-state index contributed by atoms with van der Waals surface area (Å²) < 4.78 is 0. The molecule has 0 amide bonds. The zero-order valence-corrected chi connectivity index (χ0v) is 12.3. The van der Waals surface area contributed by atoms with Gasteiger partial charge < -0.3 is 5.32 Å². The molecule has 2 unspecified atom stereocenters. The van der Waals surface area contributed by atoms with Crippen LogP contribution in [0.5, 0.6) is 0 Å². The molecule has 1 aliphatic rings. The number of hydrogen-bond acceptors (Lipinski definition) is 1. The van der Waals surface area contributed by atoms with Crippen molar-refractivity contribution in [3.05, 3.63) is 70.7 Å². The van der Waals surface area contributed by atoms with Gasteiger partial charge in [-0.15, -0.1) is 0 Å². The lowest BCUT2D eigenvalue weighted by Crippen LogP contribution is -2.39. The Morgan fingerprint density at radius 2 is 1.60 bits per heavy atom. The minimum Gasteiger partial charge on any atom is -0.313 e. The topological polar surface area (TPSA) is 12.0 Å². The van der Waals surface area contributed by atoms with Crippen LogP contribution in [0.25, 0.3) is 0 Å². The maximum Gasteiger partial charge on any atom is 0.0406 e. The van der Waals surface area contributed by atoms with Crippen LogP contribution in [-0.2, 0) is 0 Å². The van der Waals surface area contributed by atoms with E-state index in [4.69, 9.17) is 11.6 Å². The molecule has 0 aliphatic carbocycles. The fourth-order valence-electron chi connectivity index (χ4n) is 3.15. The summed E-state index contributed by atoms with van der Waals surface area (Å²) in [5, 5.41) is 4.50. The van der Waals surface area contributed by atoms with Crippen LogP contribution in [0.15, 0.2) is 54.6 Å². The first-order valence-corrected chi connectivity index (χ1v) is 7.76. The summed E-state index contributed by atoms with van der Waals surface area (Å²) in [5.74, 6) is 0.411. The second-order valence-corrected chi connectivity index (χ2v) is 5.93. The zero-order chi connectivity index (χ0) is 13.8. The van der Waals surface area contributed by atoms with Crippen LogP contribution in [0.3, 0.4) is 0 Å². The fourth-order valence-corrected chi connectivity index (χ4v) is 3.28. The average Bonchev–Trinajstić information content (AvgIpc) is 2.52. The first-order valence-electron chi connectivity index (χ1n) is 7.38. The Hall–Kier alpha value is -1.31. The molecule has 1 nitrogen and oxygen atoms in total. The number of piperidine rings is 1. The van der Waals surface area contributed by atoms with Crippen LogP contribution in [0.2, 0.25) is 5.02 Å². The van der Waals surface area contributed by atoms with Gasteiger partial charge in [-0.1, -0.05) is 60.5 Å². The second kappa shape index (κ2) is 6.43. The molecule has 1 heterocycles. The van der Waals surface area contributed by atoms with Crippen molar-refractivity contribution in [1.82, 2.24) is 5.32 Å². The maximum absolute atomic E-state index is 6.03. The van der Waals surface area contributed by atoms with E-state index in [2.05, 4.69) is 47.8 Å². The predicted molar refractivity (Wildman–Crippen MR) is 85.4 cm³/mol.